The maximum Gasteiger partial charge on any atom is 0.250 e. The monoisotopic (exact) mass is 515 g/mol. The van der Waals surface area contributed by atoms with Crippen molar-refractivity contribution in [1.82, 2.24) is 15.0 Å². The first-order valence-electron chi connectivity index (χ1n) is 12.1. The van der Waals surface area contributed by atoms with Gasteiger partial charge in [-0.3, -0.25) is 0 Å². The van der Waals surface area contributed by atoms with E-state index < -0.39 is 0 Å². The van der Waals surface area contributed by atoms with Crippen LogP contribution in [0.2, 0.25) is 0 Å². The summed E-state index contributed by atoms with van der Waals surface area (Å²) in [6.07, 6.45) is 1.61. The van der Waals surface area contributed by atoms with Crippen LogP contribution in [-0.4, -0.2) is 68.8 Å². The molecule has 2 heterocycles. The number of methoxy groups -OCH3 is 3. The molecule has 1 aliphatic heterocycles. The van der Waals surface area contributed by atoms with E-state index in [0.29, 0.717) is 67.0 Å². The quantitative estimate of drug-likeness (QED) is 0.250. The van der Waals surface area contributed by atoms with E-state index in [9.17, 15) is 0 Å². The van der Waals surface area contributed by atoms with E-state index in [1.54, 1.807) is 39.7 Å². The Morgan fingerprint density at radius 3 is 2.34 bits per heavy atom. The largest absolute Gasteiger partial charge is 0.496 e. The molecule has 0 bridgehead atoms. The summed E-state index contributed by atoms with van der Waals surface area (Å²) >= 11 is 0. The first kappa shape index (κ1) is 25.0. The van der Waals surface area contributed by atoms with Gasteiger partial charge < -0.3 is 29.2 Å². The van der Waals surface area contributed by atoms with Gasteiger partial charge in [-0.25, -0.2) is 5.43 Å². The number of rotatable bonds is 9. The molecule has 11 heteroatoms. The van der Waals surface area contributed by atoms with Crippen molar-refractivity contribution in [2.24, 2.45) is 5.10 Å². The number of benzene rings is 3. The van der Waals surface area contributed by atoms with Crippen LogP contribution in [0.1, 0.15) is 5.56 Å². The molecule has 0 aliphatic carbocycles. The fraction of sp³-hybridized carbons (Fsp3) is 0.259. The zero-order chi connectivity index (χ0) is 26.3. The molecule has 0 spiro atoms. The SMILES string of the molecule is COc1cc(OC)c(OC)cc1/C=N\Nc1nc(Nc2cccc3ccccc23)nc(N2CCOCC2)n1. The van der Waals surface area contributed by atoms with Crippen molar-refractivity contribution >= 4 is 40.5 Å². The number of hydrogen-bond donors (Lipinski definition) is 2. The van der Waals surface area contributed by atoms with E-state index in [2.05, 4.69) is 53.9 Å². The molecule has 1 fully saturated rings. The van der Waals surface area contributed by atoms with Gasteiger partial charge in [0.05, 0.1) is 40.8 Å². The van der Waals surface area contributed by atoms with Gasteiger partial charge >= 0.3 is 0 Å². The lowest BCUT2D eigenvalue weighted by Crippen LogP contribution is -2.37. The lowest BCUT2D eigenvalue weighted by Gasteiger charge is -2.27. The van der Waals surface area contributed by atoms with Crippen molar-refractivity contribution in [2.45, 2.75) is 0 Å². The van der Waals surface area contributed by atoms with Gasteiger partial charge in [-0.1, -0.05) is 36.4 Å². The fourth-order valence-corrected chi connectivity index (χ4v) is 4.14. The van der Waals surface area contributed by atoms with E-state index >= 15 is 0 Å². The van der Waals surface area contributed by atoms with Crippen LogP contribution in [0.4, 0.5) is 23.5 Å². The predicted octanol–water partition coefficient (Wildman–Crippen LogP) is 4.08. The molecule has 0 amide bonds. The van der Waals surface area contributed by atoms with Crippen molar-refractivity contribution in [3.05, 3.63) is 60.2 Å². The molecule has 4 aromatic rings. The first-order valence-corrected chi connectivity index (χ1v) is 12.1. The molecule has 0 unspecified atom stereocenters. The number of hydrazone groups is 1. The van der Waals surface area contributed by atoms with E-state index in [-0.39, 0.29) is 0 Å². The smallest absolute Gasteiger partial charge is 0.250 e. The maximum atomic E-state index is 5.50. The summed E-state index contributed by atoms with van der Waals surface area (Å²) in [5.41, 5.74) is 4.52. The van der Waals surface area contributed by atoms with Gasteiger partial charge in [0.2, 0.25) is 17.8 Å². The van der Waals surface area contributed by atoms with Gasteiger partial charge in [0, 0.05) is 35.8 Å². The van der Waals surface area contributed by atoms with Gasteiger partial charge in [0.1, 0.15) is 5.75 Å². The Bertz CT molecular complexity index is 1440. The zero-order valence-corrected chi connectivity index (χ0v) is 21.5. The van der Waals surface area contributed by atoms with Crippen molar-refractivity contribution in [3.8, 4) is 17.2 Å². The van der Waals surface area contributed by atoms with E-state index in [4.69, 9.17) is 18.9 Å². The average molecular weight is 516 g/mol. The molecule has 11 nitrogen and oxygen atoms in total. The van der Waals surface area contributed by atoms with Gasteiger partial charge in [0.25, 0.3) is 0 Å². The Morgan fingerprint density at radius 2 is 1.55 bits per heavy atom. The number of morpholine rings is 1. The molecule has 5 rings (SSSR count). The molecule has 0 saturated carbocycles. The lowest BCUT2D eigenvalue weighted by atomic mass is 10.1. The van der Waals surface area contributed by atoms with Gasteiger partial charge in [-0.2, -0.15) is 20.1 Å². The number of ether oxygens (including phenoxy) is 4. The van der Waals surface area contributed by atoms with Crippen LogP contribution >= 0.6 is 0 Å². The molecule has 2 N–H and O–H groups in total. The van der Waals surface area contributed by atoms with Gasteiger partial charge in [-0.15, -0.1) is 0 Å². The van der Waals surface area contributed by atoms with Crippen LogP contribution in [0.25, 0.3) is 10.8 Å². The highest BCUT2D eigenvalue weighted by molar-refractivity contribution is 5.95. The van der Waals surface area contributed by atoms with E-state index in [1.165, 1.54) is 0 Å². The van der Waals surface area contributed by atoms with Crippen LogP contribution in [0.3, 0.4) is 0 Å². The minimum Gasteiger partial charge on any atom is -0.496 e. The Kier molecular flexibility index (Phi) is 7.65. The topological polar surface area (TPSA) is 115 Å². The summed E-state index contributed by atoms with van der Waals surface area (Å²) in [5, 5.41) is 9.90. The minimum absolute atomic E-state index is 0.292. The molecule has 1 aliphatic rings. The highest BCUT2D eigenvalue weighted by Crippen LogP contribution is 2.34. The number of anilines is 4. The van der Waals surface area contributed by atoms with Crippen molar-refractivity contribution in [3.63, 3.8) is 0 Å². The molecule has 0 atom stereocenters. The summed E-state index contributed by atoms with van der Waals surface area (Å²) in [5.74, 6) is 2.93. The molecule has 1 saturated heterocycles. The summed E-state index contributed by atoms with van der Waals surface area (Å²) in [4.78, 5) is 15.9. The van der Waals surface area contributed by atoms with E-state index in [0.717, 1.165) is 16.5 Å². The molecule has 3 aromatic carbocycles. The second-order valence-corrected chi connectivity index (χ2v) is 8.35. The molecular weight excluding hydrogens is 486 g/mol. The standard InChI is InChI=1S/C27H29N7O4/c1-35-22-16-24(37-3)23(36-2)15-19(22)17-28-33-26-30-25(31-27(32-26)34-11-13-38-14-12-34)29-21-10-6-8-18-7-4-5-9-20(18)21/h4-10,15-17H,11-14H2,1-3H3,(H2,29,30,31,32,33)/b28-17-. The molecule has 38 heavy (non-hydrogen) atoms. The Morgan fingerprint density at radius 1 is 0.842 bits per heavy atom. The summed E-state index contributed by atoms with van der Waals surface area (Å²) in [6.45, 7) is 2.59. The zero-order valence-electron chi connectivity index (χ0n) is 21.5. The predicted molar refractivity (Wildman–Crippen MR) is 147 cm³/mol. The Hall–Kier alpha value is -4.64. The van der Waals surface area contributed by atoms with Crippen molar-refractivity contribution in [2.75, 3.05) is 63.3 Å². The molecule has 1 aromatic heterocycles. The first-order chi connectivity index (χ1) is 18.7. The third-order valence-corrected chi connectivity index (χ3v) is 6.06. The molecule has 196 valence electrons. The number of fused-ring (bicyclic) bond motifs is 1. The summed E-state index contributed by atoms with van der Waals surface area (Å²) < 4.78 is 21.7. The lowest BCUT2D eigenvalue weighted by molar-refractivity contribution is 0.122. The summed E-state index contributed by atoms with van der Waals surface area (Å²) in [7, 11) is 4.73. The number of aromatic nitrogens is 3. The van der Waals surface area contributed by atoms with Crippen LogP contribution in [0.15, 0.2) is 59.7 Å². The normalized spacial score (nSPS) is 13.5. The molecular formula is C27H29N7O4. The van der Waals surface area contributed by atoms with Crippen LogP contribution in [-0.2, 0) is 4.74 Å². The van der Waals surface area contributed by atoms with Gasteiger partial charge in [0.15, 0.2) is 11.5 Å². The number of hydrogen-bond acceptors (Lipinski definition) is 11. The van der Waals surface area contributed by atoms with Crippen molar-refractivity contribution < 1.29 is 18.9 Å². The van der Waals surface area contributed by atoms with E-state index in [1.807, 2.05) is 24.3 Å². The van der Waals surface area contributed by atoms with Gasteiger partial charge in [-0.05, 0) is 17.5 Å². The van der Waals surface area contributed by atoms with Crippen LogP contribution in [0.5, 0.6) is 17.2 Å². The second-order valence-electron chi connectivity index (χ2n) is 8.35. The second kappa shape index (κ2) is 11.6. The van der Waals surface area contributed by atoms with Crippen LogP contribution < -0.4 is 29.9 Å². The van der Waals surface area contributed by atoms with Crippen LogP contribution in [0, 0.1) is 0 Å². The molecule has 0 radical (unpaired) electrons. The number of nitrogens with zero attached hydrogens (tertiary/aromatic N) is 5. The number of nitrogens with one attached hydrogen (secondary N) is 2. The average Bonchev–Trinajstić information content (AvgIpc) is 2.97. The Balaban J connectivity index is 1.45. The summed E-state index contributed by atoms with van der Waals surface area (Å²) in [6, 6.07) is 17.7. The third-order valence-electron chi connectivity index (χ3n) is 6.06. The fourth-order valence-electron chi connectivity index (χ4n) is 4.14. The third kappa shape index (κ3) is 5.52. The highest BCUT2D eigenvalue weighted by atomic mass is 16.5. The van der Waals surface area contributed by atoms with Crippen molar-refractivity contribution in [1.29, 1.82) is 0 Å². The highest BCUT2D eigenvalue weighted by Gasteiger charge is 2.17. The maximum absolute atomic E-state index is 5.50. The minimum atomic E-state index is 0.292. The Labute approximate surface area is 220 Å².